The fourth-order valence-corrected chi connectivity index (χ4v) is 2.96. The highest BCUT2D eigenvalue weighted by Gasteiger charge is 2.17. The number of hydrogen-bond donors (Lipinski definition) is 2. The van der Waals surface area contributed by atoms with Gasteiger partial charge in [-0.3, -0.25) is 0 Å². The van der Waals surface area contributed by atoms with Gasteiger partial charge in [-0.05, 0) is 43.7 Å². The first-order valence-electron chi connectivity index (χ1n) is 10.4. The fraction of sp³-hybridized carbons (Fsp3) is 0.292. The maximum Gasteiger partial charge on any atom is 0.338 e. The number of imidazole rings is 1. The van der Waals surface area contributed by atoms with E-state index in [1.54, 1.807) is 24.3 Å². The van der Waals surface area contributed by atoms with Crippen LogP contribution in [-0.2, 0) is 4.74 Å². The Bertz CT molecular complexity index is 1130. The van der Waals surface area contributed by atoms with Crippen molar-refractivity contribution in [2.75, 3.05) is 19.8 Å². The monoisotopic (exact) mass is 435 g/mol. The van der Waals surface area contributed by atoms with Gasteiger partial charge in [-0.15, -0.1) is 0 Å². The van der Waals surface area contributed by atoms with Gasteiger partial charge in [0, 0.05) is 0 Å². The largest absolute Gasteiger partial charge is 0.507 e. The van der Waals surface area contributed by atoms with Crippen molar-refractivity contribution in [2.24, 2.45) is 0 Å². The predicted octanol–water partition coefficient (Wildman–Crippen LogP) is 4.79. The van der Waals surface area contributed by atoms with Gasteiger partial charge in [-0.25, -0.2) is 9.78 Å². The van der Waals surface area contributed by atoms with E-state index in [1.807, 2.05) is 31.2 Å². The zero-order valence-corrected chi connectivity index (χ0v) is 18.1. The van der Waals surface area contributed by atoms with Crippen LogP contribution < -0.4 is 9.47 Å². The number of fused-ring (bicyclic) bond motifs is 1. The van der Waals surface area contributed by atoms with Crippen LogP contribution in [0.1, 0.15) is 42.9 Å². The van der Waals surface area contributed by atoms with Crippen molar-refractivity contribution < 1.29 is 24.1 Å². The van der Waals surface area contributed by atoms with E-state index in [0.29, 0.717) is 30.2 Å². The predicted molar refractivity (Wildman–Crippen MR) is 120 cm³/mol. The standard InChI is InChI=1S/C24H25N3O5/c1-3-5-12-31-21-11-10-16(13-22(21)30-4-2)24(29)32-15-20(28)17(14-25)23-26-18-8-6-7-9-19(18)27-23/h6-11,13,28H,3-5,12,15H2,1-2H3,(H,26,27). The molecule has 32 heavy (non-hydrogen) atoms. The molecule has 0 atom stereocenters. The highest BCUT2D eigenvalue weighted by Crippen LogP contribution is 2.29. The van der Waals surface area contributed by atoms with Crippen molar-refractivity contribution in [1.82, 2.24) is 9.97 Å². The summed E-state index contributed by atoms with van der Waals surface area (Å²) in [6, 6.07) is 13.9. The number of carbonyl (C=O) groups is 1. The van der Waals surface area contributed by atoms with Gasteiger partial charge in [0.25, 0.3) is 0 Å². The zero-order valence-electron chi connectivity index (χ0n) is 18.1. The molecule has 0 amide bonds. The number of rotatable bonds is 10. The third kappa shape index (κ3) is 5.38. The first-order valence-corrected chi connectivity index (χ1v) is 10.4. The van der Waals surface area contributed by atoms with Crippen molar-refractivity contribution in [3.63, 3.8) is 0 Å². The minimum Gasteiger partial charge on any atom is -0.507 e. The molecule has 0 aliphatic rings. The number of aliphatic hydroxyl groups excluding tert-OH is 1. The lowest BCUT2D eigenvalue weighted by atomic mass is 10.2. The van der Waals surface area contributed by atoms with Gasteiger partial charge >= 0.3 is 5.97 Å². The second-order valence-corrected chi connectivity index (χ2v) is 6.91. The van der Waals surface area contributed by atoms with Crippen molar-refractivity contribution in [2.45, 2.75) is 26.7 Å². The molecule has 0 radical (unpaired) electrons. The van der Waals surface area contributed by atoms with Crippen LogP contribution in [0.2, 0.25) is 0 Å². The lowest BCUT2D eigenvalue weighted by Gasteiger charge is -2.13. The molecular weight excluding hydrogens is 410 g/mol. The number of aromatic nitrogens is 2. The molecule has 8 nitrogen and oxygen atoms in total. The zero-order chi connectivity index (χ0) is 22.9. The number of carbonyl (C=O) groups excluding carboxylic acids is 1. The molecule has 2 aromatic carbocycles. The first kappa shape index (κ1) is 22.7. The molecule has 0 aliphatic heterocycles. The fourth-order valence-electron chi connectivity index (χ4n) is 2.96. The number of benzene rings is 2. The summed E-state index contributed by atoms with van der Waals surface area (Å²) in [6.07, 6.45) is 1.91. The van der Waals surface area contributed by atoms with Crippen LogP contribution in [0.5, 0.6) is 11.5 Å². The molecule has 1 heterocycles. The Kier molecular flexibility index (Phi) is 7.70. The number of aliphatic hydroxyl groups is 1. The Labute approximate surface area is 186 Å². The second-order valence-electron chi connectivity index (χ2n) is 6.91. The number of hydrogen-bond acceptors (Lipinski definition) is 7. The number of aromatic amines is 1. The quantitative estimate of drug-likeness (QED) is 0.203. The Morgan fingerprint density at radius 1 is 1.16 bits per heavy atom. The molecule has 0 bridgehead atoms. The number of nitrogens with zero attached hydrogens (tertiary/aromatic N) is 2. The molecule has 0 saturated carbocycles. The Balaban J connectivity index is 1.73. The summed E-state index contributed by atoms with van der Waals surface area (Å²) in [5, 5.41) is 19.8. The minimum atomic E-state index is -0.667. The van der Waals surface area contributed by atoms with E-state index in [4.69, 9.17) is 14.2 Å². The third-order valence-corrected chi connectivity index (χ3v) is 4.60. The minimum absolute atomic E-state index is 0.0938. The summed E-state index contributed by atoms with van der Waals surface area (Å²) >= 11 is 0. The average Bonchev–Trinajstić information content (AvgIpc) is 3.23. The molecule has 3 aromatic rings. The van der Waals surface area contributed by atoms with Gasteiger partial charge in [-0.1, -0.05) is 25.5 Å². The molecule has 0 spiro atoms. The lowest BCUT2D eigenvalue weighted by molar-refractivity contribution is 0.0502. The van der Waals surface area contributed by atoms with E-state index in [-0.39, 0.29) is 17.0 Å². The number of nitrogens with one attached hydrogen (secondary N) is 1. The maximum atomic E-state index is 12.5. The molecule has 0 fully saturated rings. The molecule has 2 N–H and O–H groups in total. The number of ether oxygens (including phenoxy) is 3. The van der Waals surface area contributed by atoms with Crippen LogP contribution in [0.15, 0.2) is 48.2 Å². The second kappa shape index (κ2) is 10.9. The summed E-state index contributed by atoms with van der Waals surface area (Å²) in [7, 11) is 0. The molecule has 3 rings (SSSR count). The SMILES string of the molecule is CCCCOc1ccc(C(=O)OCC(O)=C(C#N)c2nc3ccccc3[nH]2)cc1OCC. The van der Waals surface area contributed by atoms with Gasteiger partial charge in [-0.2, -0.15) is 5.26 Å². The molecule has 0 saturated heterocycles. The molecule has 0 unspecified atom stereocenters. The number of H-pyrrole nitrogens is 1. The Hall–Kier alpha value is -3.99. The Morgan fingerprint density at radius 3 is 2.69 bits per heavy atom. The summed E-state index contributed by atoms with van der Waals surface area (Å²) in [6.45, 7) is 4.40. The van der Waals surface area contributed by atoms with Crippen LogP contribution >= 0.6 is 0 Å². The van der Waals surface area contributed by atoms with E-state index >= 15 is 0 Å². The first-order chi connectivity index (χ1) is 15.6. The van der Waals surface area contributed by atoms with Gasteiger partial charge in [0.15, 0.2) is 23.1 Å². The van der Waals surface area contributed by atoms with Crippen LogP contribution in [0.4, 0.5) is 0 Å². The van der Waals surface area contributed by atoms with Gasteiger partial charge < -0.3 is 24.3 Å². The van der Waals surface area contributed by atoms with Crippen LogP contribution in [0.25, 0.3) is 16.6 Å². The number of unbranched alkanes of at least 4 members (excludes halogenated alkanes) is 1. The molecule has 166 valence electrons. The van der Waals surface area contributed by atoms with E-state index < -0.39 is 18.3 Å². The molecule has 0 aliphatic carbocycles. The number of para-hydroxylation sites is 2. The van der Waals surface area contributed by atoms with Crippen molar-refractivity contribution in [1.29, 1.82) is 5.26 Å². The van der Waals surface area contributed by atoms with Crippen molar-refractivity contribution in [3.8, 4) is 17.6 Å². The van der Waals surface area contributed by atoms with Gasteiger partial charge in [0.2, 0.25) is 0 Å². The highest BCUT2D eigenvalue weighted by atomic mass is 16.5. The smallest absolute Gasteiger partial charge is 0.338 e. The summed E-state index contributed by atoms with van der Waals surface area (Å²) in [5.74, 6) is 0.132. The third-order valence-electron chi connectivity index (χ3n) is 4.60. The average molecular weight is 435 g/mol. The van der Waals surface area contributed by atoms with E-state index in [0.717, 1.165) is 18.4 Å². The number of nitriles is 1. The van der Waals surface area contributed by atoms with Gasteiger partial charge in [0.05, 0.1) is 29.8 Å². The van der Waals surface area contributed by atoms with E-state index in [2.05, 4.69) is 16.9 Å². The summed E-state index contributed by atoms with van der Waals surface area (Å²) in [5.41, 5.74) is 1.53. The highest BCUT2D eigenvalue weighted by molar-refractivity contribution is 5.90. The van der Waals surface area contributed by atoms with Crippen LogP contribution in [-0.4, -0.2) is 40.9 Å². The van der Waals surface area contributed by atoms with Crippen LogP contribution in [0, 0.1) is 11.3 Å². The molecular formula is C24H25N3O5. The summed E-state index contributed by atoms with van der Waals surface area (Å²) < 4.78 is 16.5. The maximum absolute atomic E-state index is 12.5. The lowest BCUT2D eigenvalue weighted by Crippen LogP contribution is -2.10. The topological polar surface area (TPSA) is 117 Å². The Morgan fingerprint density at radius 2 is 1.97 bits per heavy atom. The normalized spacial score (nSPS) is 11.5. The van der Waals surface area contributed by atoms with Crippen molar-refractivity contribution in [3.05, 3.63) is 59.6 Å². The summed E-state index contributed by atoms with van der Waals surface area (Å²) in [4.78, 5) is 19.8. The number of allylic oxidation sites excluding steroid dienone is 1. The van der Waals surface area contributed by atoms with E-state index in [9.17, 15) is 15.2 Å². The van der Waals surface area contributed by atoms with Crippen molar-refractivity contribution >= 4 is 22.6 Å². The van der Waals surface area contributed by atoms with Crippen LogP contribution in [0.3, 0.4) is 0 Å². The van der Waals surface area contributed by atoms with Gasteiger partial charge in [0.1, 0.15) is 18.2 Å². The van der Waals surface area contributed by atoms with E-state index in [1.165, 1.54) is 0 Å². The number of esters is 1. The molecule has 8 heteroatoms. The molecule has 1 aromatic heterocycles.